The predicted octanol–water partition coefficient (Wildman–Crippen LogP) is 4.78. The lowest BCUT2D eigenvalue weighted by Gasteiger charge is -2.17. The molecular formula is C11H10BrFINOS. The van der Waals surface area contributed by atoms with Crippen LogP contribution in [0.1, 0.15) is 17.3 Å². The highest BCUT2D eigenvalue weighted by Gasteiger charge is 2.16. The monoisotopic (exact) mass is 429 g/mol. The summed E-state index contributed by atoms with van der Waals surface area (Å²) in [6.45, 7) is 5.05. The minimum Gasteiger partial charge on any atom is -0.294 e. The Labute approximate surface area is 126 Å². The van der Waals surface area contributed by atoms with Crippen LogP contribution in [-0.4, -0.2) is 11.5 Å². The average Bonchev–Trinajstić information content (AvgIpc) is 2.28. The van der Waals surface area contributed by atoms with Gasteiger partial charge in [-0.1, -0.05) is 6.08 Å². The van der Waals surface area contributed by atoms with Gasteiger partial charge in [0.1, 0.15) is 5.82 Å². The van der Waals surface area contributed by atoms with E-state index in [0.29, 0.717) is 15.7 Å². The molecule has 2 nitrogen and oxygen atoms in total. The van der Waals surface area contributed by atoms with Gasteiger partial charge in [0.2, 0.25) is 0 Å². The van der Waals surface area contributed by atoms with Crippen LogP contribution in [0.3, 0.4) is 0 Å². The standard InChI is InChI=1S/C11H10BrFINOS/c1-3-4-17-15(14)11-6-9(12)10(13)5-8(11)7(2)16/h3,5-6H,1,4H2,2H3. The summed E-state index contributed by atoms with van der Waals surface area (Å²) in [6, 6.07) is 2.86. The molecule has 0 aliphatic heterocycles. The maximum atomic E-state index is 13.4. The van der Waals surface area contributed by atoms with Crippen molar-refractivity contribution in [2.24, 2.45) is 0 Å². The molecule has 0 spiro atoms. The zero-order chi connectivity index (χ0) is 13.0. The molecule has 0 unspecified atom stereocenters. The minimum absolute atomic E-state index is 0.160. The van der Waals surface area contributed by atoms with E-state index in [2.05, 4.69) is 45.4 Å². The van der Waals surface area contributed by atoms with E-state index in [4.69, 9.17) is 0 Å². The van der Waals surface area contributed by atoms with Crippen LogP contribution in [-0.2, 0) is 0 Å². The zero-order valence-corrected chi connectivity index (χ0v) is 13.6. The first-order valence-electron chi connectivity index (χ1n) is 4.67. The fourth-order valence-corrected chi connectivity index (χ4v) is 2.89. The Balaban J connectivity index is 3.15. The van der Waals surface area contributed by atoms with Crippen molar-refractivity contribution in [3.63, 3.8) is 0 Å². The van der Waals surface area contributed by atoms with E-state index < -0.39 is 5.82 Å². The lowest BCUT2D eigenvalue weighted by molar-refractivity contribution is 0.101. The molecular weight excluding hydrogens is 420 g/mol. The molecule has 0 aliphatic rings. The molecule has 1 aromatic rings. The maximum Gasteiger partial charge on any atom is 0.162 e. The largest absolute Gasteiger partial charge is 0.294 e. The summed E-state index contributed by atoms with van der Waals surface area (Å²) in [5, 5.41) is 0. The summed E-state index contributed by atoms with van der Waals surface area (Å²) in [4.78, 5) is 11.5. The van der Waals surface area contributed by atoms with Gasteiger partial charge in [-0.15, -0.1) is 6.58 Å². The lowest BCUT2D eigenvalue weighted by atomic mass is 10.1. The van der Waals surface area contributed by atoms with Crippen molar-refractivity contribution < 1.29 is 9.18 Å². The smallest absolute Gasteiger partial charge is 0.162 e. The summed E-state index contributed by atoms with van der Waals surface area (Å²) in [7, 11) is 0. The van der Waals surface area contributed by atoms with Crippen LogP contribution >= 0.6 is 50.7 Å². The number of rotatable bonds is 5. The van der Waals surface area contributed by atoms with Gasteiger partial charge < -0.3 is 0 Å². The highest BCUT2D eigenvalue weighted by atomic mass is 127. The first-order chi connectivity index (χ1) is 7.97. The Kier molecular flexibility index (Phi) is 5.94. The lowest BCUT2D eigenvalue weighted by Crippen LogP contribution is -2.06. The first kappa shape index (κ1) is 15.0. The van der Waals surface area contributed by atoms with Crippen molar-refractivity contribution in [3.05, 3.63) is 40.6 Å². The van der Waals surface area contributed by atoms with Crippen LogP contribution in [0.15, 0.2) is 29.3 Å². The van der Waals surface area contributed by atoms with E-state index in [1.165, 1.54) is 24.9 Å². The summed E-state index contributed by atoms with van der Waals surface area (Å²) in [6.07, 6.45) is 1.77. The second-order valence-corrected chi connectivity index (χ2v) is 6.60. The fourth-order valence-electron chi connectivity index (χ4n) is 1.15. The topological polar surface area (TPSA) is 20.3 Å². The number of Topliss-reactive ketones (excluding diaryl/α,β-unsaturated/α-hetero) is 1. The number of benzene rings is 1. The average molecular weight is 430 g/mol. The third-order valence-corrected chi connectivity index (χ3v) is 4.68. The van der Waals surface area contributed by atoms with Crippen molar-refractivity contribution in [1.29, 1.82) is 0 Å². The quantitative estimate of drug-likeness (QED) is 0.221. The summed E-state index contributed by atoms with van der Waals surface area (Å²) in [5.74, 6) is 0.125. The van der Waals surface area contributed by atoms with E-state index in [0.717, 1.165) is 5.75 Å². The van der Waals surface area contributed by atoms with Crippen LogP contribution < -0.4 is 2.52 Å². The van der Waals surface area contributed by atoms with E-state index >= 15 is 0 Å². The number of nitrogens with zero attached hydrogens (tertiary/aromatic N) is 1. The zero-order valence-electron chi connectivity index (χ0n) is 9.04. The molecule has 0 radical (unpaired) electrons. The van der Waals surface area contributed by atoms with Gasteiger partial charge in [0.15, 0.2) is 5.78 Å². The van der Waals surface area contributed by atoms with Gasteiger partial charge in [-0.25, -0.2) is 4.39 Å². The van der Waals surface area contributed by atoms with E-state index in [9.17, 15) is 9.18 Å². The molecule has 0 fully saturated rings. The Morgan fingerprint density at radius 2 is 2.35 bits per heavy atom. The summed E-state index contributed by atoms with van der Waals surface area (Å²) < 4.78 is 15.5. The van der Waals surface area contributed by atoms with Gasteiger partial charge in [0.05, 0.1) is 33.0 Å². The molecule has 0 N–H and O–H groups in total. The molecule has 6 heteroatoms. The van der Waals surface area contributed by atoms with Gasteiger partial charge in [-0.2, -0.15) is 0 Å². The number of carbonyl (C=O) groups excluding carboxylic acids is 1. The van der Waals surface area contributed by atoms with Crippen molar-refractivity contribution in [1.82, 2.24) is 0 Å². The van der Waals surface area contributed by atoms with Crippen LogP contribution in [0.2, 0.25) is 0 Å². The Bertz CT molecular complexity index is 455. The highest BCUT2D eigenvalue weighted by Crippen LogP contribution is 2.34. The molecule has 0 bridgehead atoms. The molecule has 92 valence electrons. The van der Waals surface area contributed by atoms with Gasteiger partial charge >= 0.3 is 0 Å². The molecule has 0 heterocycles. The van der Waals surface area contributed by atoms with Gasteiger partial charge in [0.25, 0.3) is 0 Å². The predicted molar refractivity (Wildman–Crippen MR) is 83.3 cm³/mol. The Morgan fingerprint density at radius 1 is 1.71 bits per heavy atom. The van der Waals surface area contributed by atoms with E-state index in [-0.39, 0.29) is 5.78 Å². The molecule has 0 saturated heterocycles. The maximum absolute atomic E-state index is 13.4. The molecule has 0 atom stereocenters. The van der Waals surface area contributed by atoms with Crippen molar-refractivity contribution in [2.45, 2.75) is 6.92 Å². The summed E-state index contributed by atoms with van der Waals surface area (Å²) >= 11 is 6.67. The molecule has 0 aromatic heterocycles. The first-order valence-corrected chi connectivity index (χ1v) is 7.37. The third-order valence-electron chi connectivity index (χ3n) is 1.91. The van der Waals surface area contributed by atoms with Crippen LogP contribution in [0, 0.1) is 5.82 Å². The van der Waals surface area contributed by atoms with Gasteiger partial charge in [0, 0.05) is 11.3 Å². The normalized spacial score (nSPS) is 10.1. The van der Waals surface area contributed by atoms with E-state index in [1.54, 1.807) is 14.7 Å². The van der Waals surface area contributed by atoms with Crippen LogP contribution in [0.25, 0.3) is 0 Å². The Morgan fingerprint density at radius 3 is 2.88 bits per heavy atom. The van der Waals surface area contributed by atoms with Crippen LogP contribution in [0.4, 0.5) is 10.1 Å². The molecule has 0 saturated carbocycles. The van der Waals surface area contributed by atoms with Crippen LogP contribution in [0.5, 0.6) is 0 Å². The van der Waals surface area contributed by atoms with Crippen molar-refractivity contribution in [3.8, 4) is 0 Å². The number of hydrogen-bond acceptors (Lipinski definition) is 3. The van der Waals surface area contributed by atoms with Crippen molar-refractivity contribution >= 4 is 62.2 Å². The second-order valence-electron chi connectivity index (χ2n) is 3.17. The number of carbonyl (C=O) groups is 1. The van der Waals surface area contributed by atoms with Gasteiger partial charge in [-0.05, 0) is 46.9 Å². The summed E-state index contributed by atoms with van der Waals surface area (Å²) in [5.41, 5.74) is 1.05. The molecule has 0 aliphatic carbocycles. The number of anilines is 1. The molecule has 0 amide bonds. The van der Waals surface area contributed by atoms with E-state index in [1.807, 2.05) is 0 Å². The number of halogens is 3. The molecule has 1 rings (SSSR count). The molecule has 17 heavy (non-hydrogen) atoms. The number of hydrogen-bond donors (Lipinski definition) is 0. The second kappa shape index (κ2) is 6.75. The van der Waals surface area contributed by atoms with Crippen molar-refractivity contribution in [2.75, 3.05) is 8.27 Å². The Hall–Kier alpha value is -0.0800. The third kappa shape index (κ3) is 3.96. The highest BCUT2D eigenvalue weighted by molar-refractivity contribution is 14.1. The molecule has 1 aromatic carbocycles. The number of ketones is 1. The minimum atomic E-state index is -0.433. The fraction of sp³-hybridized carbons (Fsp3) is 0.182. The van der Waals surface area contributed by atoms with Gasteiger partial charge in [-0.3, -0.25) is 7.31 Å². The SMILES string of the molecule is C=CCSN(I)c1cc(Br)c(F)cc1C(C)=O.